The van der Waals surface area contributed by atoms with Crippen molar-refractivity contribution < 1.29 is 49.9 Å². The Hall–Kier alpha value is -4.17. The minimum atomic E-state index is -5.06. The number of likely N-dealkylation sites (tertiary alicyclic amines) is 1. The van der Waals surface area contributed by atoms with E-state index in [4.69, 9.17) is 0 Å². The highest BCUT2D eigenvalue weighted by Gasteiger charge is 2.50. The van der Waals surface area contributed by atoms with E-state index in [-0.39, 0.29) is 31.1 Å². The lowest BCUT2D eigenvalue weighted by molar-refractivity contribution is -0.143. The van der Waals surface area contributed by atoms with Crippen molar-refractivity contribution in [2.75, 3.05) is 33.7 Å². The molecule has 5 amide bonds. The molecule has 8 nitrogen and oxygen atoms in total. The summed E-state index contributed by atoms with van der Waals surface area (Å²) in [5.41, 5.74) is -3.58. The van der Waals surface area contributed by atoms with Crippen LogP contribution in [0.4, 0.5) is 35.5 Å². The largest absolute Gasteiger partial charge is 0.416 e. The molecule has 2 saturated heterocycles. The van der Waals surface area contributed by atoms with Crippen LogP contribution in [-0.4, -0.2) is 82.6 Å². The smallest absolute Gasteiger partial charge is 0.341 e. The second kappa shape index (κ2) is 12.2. The van der Waals surface area contributed by atoms with Crippen molar-refractivity contribution in [3.8, 4) is 0 Å². The normalized spacial score (nSPS) is 20.4. The topological polar surface area (TPSA) is 81.2 Å². The Morgan fingerprint density at radius 2 is 1.57 bits per heavy atom. The Morgan fingerprint density at radius 1 is 0.978 bits per heavy atom. The van der Waals surface area contributed by atoms with E-state index in [1.807, 2.05) is 0 Å². The van der Waals surface area contributed by atoms with Gasteiger partial charge in [-0.3, -0.25) is 19.3 Å². The van der Waals surface area contributed by atoms with Crippen LogP contribution in [0.5, 0.6) is 0 Å². The summed E-state index contributed by atoms with van der Waals surface area (Å²) in [6.07, 6.45) is -10.1. The van der Waals surface area contributed by atoms with Gasteiger partial charge in [-0.15, -0.1) is 0 Å². The van der Waals surface area contributed by atoms with Gasteiger partial charge in [-0.05, 0) is 74.2 Å². The first-order valence-electron chi connectivity index (χ1n) is 14.3. The second-order valence-electron chi connectivity index (χ2n) is 12.2. The van der Waals surface area contributed by atoms with E-state index < -0.39 is 83.5 Å². The fourth-order valence-corrected chi connectivity index (χ4v) is 5.95. The molecule has 0 spiro atoms. The Kier molecular flexibility index (Phi) is 9.21. The number of amides is 5. The Balaban J connectivity index is 1.60. The maximum Gasteiger partial charge on any atom is 0.416 e. The summed E-state index contributed by atoms with van der Waals surface area (Å²) in [6.45, 7) is 3.51. The molecule has 0 aliphatic carbocycles. The molecule has 2 aliphatic rings. The molecular weight excluding hydrogens is 625 g/mol. The van der Waals surface area contributed by atoms with Gasteiger partial charge in [0.1, 0.15) is 17.9 Å². The number of rotatable bonds is 6. The molecule has 0 N–H and O–H groups in total. The number of halogens is 7. The lowest BCUT2D eigenvalue weighted by Crippen LogP contribution is -2.51. The predicted molar refractivity (Wildman–Crippen MR) is 150 cm³/mol. The summed E-state index contributed by atoms with van der Waals surface area (Å²) in [5, 5.41) is 0. The van der Waals surface area contributed by atoms with Gasteiger partial charge in [0.15, 0.2) is 0 Å². The lowest BCUT2D eigenvalue weighted by atomic mass is 9.78. The third kappa shape index (κ3) is 6.82. The Bertz CT molecular complexity index is 1520. The summed E-state index contributed by atoms with van der Waals surface area (Å²) in [4.78, 5) is 57.1. The summed E-state index contributed by atoms with van der Waals surface area (Å²) in [6, 6.07) is 4.34. The van der Waals surface area contributed by atoms with Gasteiger partial charge in [0.25, 0.3) is 5.91 Å². The number of hydrogen-bond acceptors (Lipinski definition) is 4. The average Bonchev–Trinajstić information content (AvgIpc) is 3.10. The molecule has 2 fully saturated rings. The maximum absolute atomic E-state index is 14.0. The molecule has 0 aromatic heterocycles. The molecule has 46 heavy (non-hydrogen) atoms. The number of nitrogens with zero attached hydrogens (tertiary/aromatic N) is 4. The van der Waals surface area contributed by atoms with Crippen LogP contribution in [0, 0.1) is 18.7 Å². The first-order valence-corrected chi connectivity index (χ1v) is 14.3. The van der Waals surface area contributed by atoms with Crippen LogP contribution in [0.1, 0.15) is 54.0 Å². The maximum atomic E-state index is 14.0. The molecule has 2 heterocycles. The molecule has 2 aromatic rings. The number of carbonyl (C=O) groups is 4. The number of piperidine rings is 1. The SMILES string of the molecule is Cc1cc(F)ccc1C1CN(C(=O)CN2C(=O)N(C)C(C)(C)C2=O)CCC1C(=O)N(C)Cc1cc(C(F)(F)F)cc(C(F)(F)F)c1. The van der Waals surface area contributed by atoms with Gasteiger partial charge < -0.3 is 14.7 Å². The van der Waals surface area contributed by atoms with E-state index in [1.165, 1.54) is 42.1 Å². The molecule has 2 atom stereocenters. The highest BCUT2D eigenvalue weighted by Crippen LogP contribution is 2.38. The number of imide groups is 1. The van der Waals surface area contributed by atoms with Crippen molar-refractivity contribution >= 4 is 23.8 Å². The summed E-state index contributed by atoms with van der Waals surface area (Å²) >= 11 is 0. The minimum absolute atomic E-state index is 0.00763. The van der Waals surface area contributed by atoms with E-state index in [9.17, 15) is 49.9 Å². The molecular formula is C31H33F7N4O4. The van der Waals surface area contributed by atoms with Gasteiger partial charge in [0.05, 0.1) is 11.1 Å². The monoisotopic (exact) mass is 658 g/mol. The molecule has 4 rings (SSSR count). The van der Waals surface area contributed by atoms with Gasteiger partial charge in [-0.1, -0.05) is 6.07 Å². The first kappa shape index (κ1) is 34.7. The predicted octanol–water partition coefficient (Wildman–Crippen LogP) is 5.44. The quantitative estimate of drug-likeness (QED) is 0.306. The summed E-state index contributed by atoms with van der Waals surface area (Å²) in [7, 11) is 2.69. The number of alkyl halides is 6. The molecule has 0 radical (unpaired) electrons. The van der Waals surface area contributed by atoms with E-state index in [1.54, 1.807) is 20.8 Å². The van der Waals surface area contributed by atoms with E-state index >= 15 is 0 Å². The summed E-state index contributed by atoms with van der Waals surface area (Å²) in [5.74, 6) is -3.90. The van der Waals surface area contributed by atoms with E-state index in [2.05, 4.69) is 0 Å². The number of carbonyl (C=O) groups excluding carboxylic acids is 4. The van der Waals surface area contributed by atoms with E-state index in [0.29, 0.717) is 23.3 Å². The molecule has 2 unspecified atom stereocenters. The number of benzene rings is 2. The Labute approximate surface area is 260 Å². The van der Waals surface area contributed by atoms with Crippen molar-refractivity contribution in [1.82, 2.24) is 19.6 Å². The third-order valence-electron chi connectivity index (χ3n) is 8.78. The lowest BCUT2D eigenvalue weighted by Gasteiger charge is -2.40. The molecule has 0 saturated carbocycles. The van der Waals surface area contributed by atoms with Crippen molar-refractivity contribution in [2.24, 2.45) is 5.92 Å². The van der Waals surface area contributed by atoms with Gasteiger partial charge in [-0.2, -0.15) is 26.3 Å². The summed E-state index contributed by atoms with van der Waals surface area (Å²) < 4.78 is 94.5. The van der Waals surface area contributed by atoms with Gasteiger partial charge in [0.2, 0.25) is 11.8 Å². The van der Waals surface area contributed by atoms with Crippen LogP contribution in [0.3, 0.4) is 0 Å². The van der Waals surface area contributed by atoms with Crippen molar-refractivity contribution in [3.05, 3.63) is 70.0 Å². The number of likely N-dealkylation sites (N-methyl/N-ethyl adjacent to an activating group) is 1. The Morgan fingerprint density at radius 3 is 2.07 bits per heavy atom. The molecule has 15 heteroatoms. The molecule has 0 bridgehead atoms. The van der Waals surface area contributed by atoms with Crippen molar-refractivity contribution in [1.29, 1.82) is 0 Å². The molecule has 2 aliphatic heterocycles. The van der Waals surface area contributed by atoms with Crippen LogP contribution < -0.4 is 0 Å². The van der Waals surface area contributed by atoms with Crippen LogP contribution in [-0.2, 0) is 33.3 Å². The van der Waals surface area contributed by atoms with E-state index in [0.717, 1.165) is 9.80 Å². The zero-order chi connectivity index (χ0) is 34.5. The standard InChI is InChI=1S/C31H33F7N4O4/c1-17-10-21(32)6-7-22(17)24-15-41(25(43)16-42-27(45)29(2,3)40(5)28(42)46)9-8-23(24)26(44)39(4)14-18-11-19(30(33,34)35)13-20(12-18)31(36,37)38/h6-7,10-13,23-24H,8-9,14-16H2,1-5H3. The van der Waals surface area contributed by atoms with Gasteiger partial charge >= 0.3 is 18.4 Å². The van der Waals surface area contributed by atoms with Crippen LogP contribution >= 0.6 is 0 Å². The number of aryl methyl sites for hydroxylation is 1. The average molecular weight is 659 g/mol. The first-order chi connectivity index (χ1) is 21.1. The van der Waals surface area contributed by atoms with Crippen molar-refractivity contribution in [3.63, 3.8) is 0 Å². The zero-order valence-electron chi connectivity index (χ0n) is 25.7. The van der Waals surface area contributed by atoms with Crippen LogP contribution in [0.2, 0.25) is 0 Å². The van der Waals surface area contributed by atoms with Crippen LogP contribution in [0.25, 0.3) is 0 Å². The minimum Gasteiger partial charge on any atom is -0.341 e. The molecule has 250 valence electrons. The van der Waals surface area contributed by atoms with Crippen LogP contribution in [0.15, 0.2) is 36.4 Å². The molecule has 2 aromatic carbocycles. The third-order valence-corrected chi connectivity index (χ3v) is 8.78. The second-order valence-corrected chi connectivity index (χ2v) is 12.2. The van der Waals surface area contributed by atoms with Gasteiger partial charge in [-0.25, -0.2) is 9.18 Å². The fourth-order valence-electron chi connectivity index (χ4n) is 5.95. The highest BCUT2D eigenvalue weighted by atomic mass is 19.4. The van der Waals surface area contributed by atoms with Crippen molar-refractivity contribution in [2.45, 2.75) is 57.5 Å². The number of urea groups is 1. The fraction of sp³-hybridized carbons (Fsp3) is 0.484. The zero-order valence-corrected chi connectivity index (χ0v) is 25.7. The van der Waals surface area contributed by atoms with Gasteiger partial charge in [0, 0.05) is 45.6 Å². The number of hydrogen-bond donors (Lipinski definition) is 0. The highest BCUT2D eigenvalue weighted by molar-refractivity contribution is 6.08.